The van der Waals surface area contributed by atoms with Gasteiger partial charge in [-0.15, -0.1) is 0 Å². The van der Waals surface area contributed by atoms with Crippen LogP contribution in [0.5, 0.6) is 11.5 Å². The number of fused-ring (bicyclic) bond motifs is 1. The highest BCUT2D eigenvalue weighted by atomic mass is 79.9. The van der Waals surface area contributed by atoms with Crippen LogP contribution < -0.4 is 4.74 Å². The van der Waals surface area contributed by atoms with Crippen molar-refractivity contribution in [1.29, 1.82) is 0 Å². The number of halogens is 2. The second-order valence-corrected chi connectivity index (χ2v) is 8.48. The first-order valence-electron chi connectivity index (χ1n) is 9.49. The topological polar surface area (TPSA) is 59.7 Å². The molecule has 0 aliphatic carbocycles. The molecule has 6 heteroatoms. The van der Waals surface area contributed by atoms with Crippen molar-refractivity contribution in [3.63, 3.8) is 0 Å². The summed E-state index contributed by atoms with van der Waals surface area (Å²) >= 11 is 6.57. The predicted octanol–water partition coefficient (Wildman–Crippen LogP) is 7.54. The molecule has 0 atom stereocenters. The Balaban J connectivity index is 2.00. The number of hydrogen-bond donors (Lipinski definition) is 1. The fourth-order valence-corrected chi connectivity index (χ4v) is 4.31. The Hall–Kier alpha value is -2.05. The average Bonchev–Trinajstić information content (AvgIpc) is 3.07. The van der Waals surface area contributed by atoms with Gasteiger partial charge in [0.25, 0.3) is 0 Å². The van der Waals surface area contributed by atoms with E-state index in [2.05, 4.69) is 45.4 Å². The van der Waals surface area contributed by atoms with Crippen LogP contribution in [0.15, 0.2) is 56.0 Å². The van der Waals surface area contributed by atoms with Gasteiger partial charge in [0, 0.05) is 29.9 Å². The maximum Gasteiger partial charge on any atom is 0.197 e. The van der Waals surface area contributed by atoms with Crippen molar-refractivity contribution >= 4 is 48.6 Å². The highest BCUT2D eigenvalue weighted by Crippen LogP contribution is 2.36. The van der Waals surface area contributed by atoms with E-state index in [0.717, 1.165) is 24.6 Å². The van der Waals surface area contributed by atoms with Gasteiger partial charge in [0.1, 0.15) is 22.8 Å². The summed E-state index contributed by atoms with van der Waals surface area (Å²) in [6, 6.07) is 8.68. The number of furan rings is 1. The summed E-state index contributed by atoms with van der Waals surface area (Å²) in [7, 11) is 0. The molecule has 0 saturated carbocycles. The van der Waals surface area contributed by atoms with E-state index in [1.54, 1.807) is 18.2 Å². The van der Waals surface area contributed by atoms with Gasteiger partial charge in [-0.25, -0.2) is 0 Å². The fourth-order valence-electron chi connectivity index (χ4n) is 3.12. The van der Waals surface area contributed by atoms with E-state index >= 15 is 0 Å². The number of phenolic OH excluding ortho intramolecular Hbond substituents is 1. The zero-order valence-electron chi connectivity index (χ0n) is 16.4. The van der Waals surface area contributed by atoms with Gasteiger partial charge in [-0.3, -0.25) is 4.79 Å². The number of ether oxygens (including phenoxy) is 1. The highest BCUT2D eigenvalue weighted by Gasteiger charge is 2.23. The molecule has 0 aliphatic rings. The molecule has 29 heavy (non-hydrogen) atoms. The Labute approximate surface area is 186 Å². The van der Waals surface area contributed by atoms with Crippen molar-refractivity contribution in [2.75, 3.05) is 0 Å². The molecule has 0 aliphatic heterocycles. The van der Waals surface area contributed by atoms with E-state index in [-0.39, 0.29) is 11.5 Å². The first-order chi connectivity index (χ1) is 13.8. The summed E-state index contributed by atoms with van der Waals surface area (Å²) in [6.45, 7) is 8.03. The van der Waals surface area contributed by atoms with Gasteiger partial charge in [-0.1, -0.05) is 26.8 Å². The fraction of sp³-hybridized carbons (Fsp3) is 0.261. The summed E-state index contributed by atoms with van der Waals surface area (Å²) in [6.07, 6.45) is 3.49. The van der Waals surface area contributed by atoms with E-state index in [4.69, 9.17) is 9.15 Å². The van der Waals surface area contributed by atoms with E-state index in [9.17, 15) is 9.90 Å². The minimum atomic E-state index is -0.164. The number of aromatic hydroxyl groups is 1. The Bertz CT molecular complexity index is 1060. The molecule has 0 amide bonds. The summed E-state index contributed by atoms with van der Waals surface area (Å²) in [5.41, 5.74) is 1.58. The van der Waals surface area contributed by atoms with Crippen LogP contribution >= 0.6 is 31.9 Å². The van der Waals surface area contributed by atoms with Crippen LogP contribution in [0.2, 0.25) is 0 Å². The van der Waals surface area contributed by atoms with Crippen molar-refractivity contribution in [2.24, 2.45) is 0 Å². The van der Waals surface area contributed by atoms with Gasteiger partial charge in [0.2, 0.25) is 0 Å². The maximum absolute atomic E-state index is 13.3. The number of aryl methyl sites for hydroxylation is 1. The second-order valence-electron chi connectivity index (χ2n) is 6.77. The highest BCUT2D eigenvalue weighted by molar-refractivity contribution is 9.11. The van der Waals surface area contributed by atoms with Crippen LogP contribution in [0.4, 0.5) is 0 Å². The number of phenols is 1. The number of unbranched alkanes of at least 4 members (excludes halogenated alkanes) is 1. The Morgan fingerprint density at radius 1 is 1.17 bits per heavy atom. The number of benzene rings is 2. The molecule has 2 aromatic carbocycles. The molecule has 4 nitrogen and oxygen atoms in total. The van der Waals surface area contributed by atoms with E-state index in [0.29, 0.717) is 49.3 Å². The molecule has 0 bridgehead atoms. The molecule has 3 aromatic rings. The lowest BCUT2D eigenvalue weighted by atomic mass is 9.99. The molecule has 0 saturated heterocycles. The third-order valence-electron chi connectivity index (χ3n) is 4.63. The van der Waals surface area contributed by atoms with Crippen molar-refractivity contribution in [1.82, 2.24) is 0 Å². The third-order valence-corrected chi connectivity index (χ3v) is 5.84. The van der Waals surface area contributed by atoms with Crippen molar-refractivity contribution in [3.05, 3.63) is 68.5 Å². The Morgan fingerprint density at radius 2 is 1.86 bits per heavy atom. The first kappa shape index (κ1) is 21.7. The van der Waals surface area contributed by atoms with Crippen molar-refractivity contribution in [3.8, 4) is 11.5 Å². The number of rotatable bonds is 8. The van der Waals surface area contributed by atoms with Crippen LogP contribution in [-0.2, 0) is 6.42 Å². The van der Waals surface area contributed by atoms with Crippen LogP contribution in [0, 0.1) is 0 Å². The van der Waals surface area contributed by atoms with E-state index < -0.39 is 0 Å². The van der Waals surface area contributed by atoms with Crippen molar-refractivity contribution < 1.29 is 19.1 Å². The smallest absolute Gasteiger partial charge is 0.197 e. The van der Waals surface area contributed by atoms with Crippen LogP contribution in [0.3, 0.4) is 0 Å². The molecule has 0 radical (unpaired) electrons. The van der Waals surface area contributed by atoms with Gasteiger partial charge in [-0.05, 0) is 62.5 Å². The van der Waals surface area contributed by atoms with Gasteiger partial charge in [0.05, 0.1) is 20.3 Å². The van der Waals surface area contributed by atoms with E-state index in [1.807, 2.05) is 19.1 Å². The van der Waals surface area contributed by atoms with Crippen LogP contribution in [0.25, 0.3) is 11.0 Å². The van der Waals surface area contributed by atoms with Gasteiger partial charge in [0.15, 0.2) is 5.78 Å². The summed E-state index contributed by atoms with van der Waals surface area (Å²) < 4.78 is 12.7. The van der Waals surface area contributed by atoms with E-state index in [1.165, 1.54) is 0 Å². The molecule has 1 aromatic heterocycles. The number of carbonyl (C=O) groups excluding carboxylic acids is 1. The minimum Gasteiger partial charge on any atom is -0.506 e. The zero-order valence-corrected chi connectivity index (χ0v) is 19.5. The van der Waals surface area contributed by atoms with Crippen LogP contribution in [-0.4, -0.2) is 10.9 Å². The lowest BCUT2D eigenvalue weighted by Gasteiger charge is -2.08. The second kappa shape index (κ2) is 9.18. The summed E-state index contributed by atoms with van der Waals surface area (Å²) in [4.78, 5) is 13.3. The largest absolute Gasteiger partial charge is 0.506 e. The first-order valence-corrected chi connectivity index (χ1v) is 11.1. The monoisotopic (exact) mass is 520 g/mol. The quantitative estimate of drug-likeness (QED) is 0.245. The molecule has 0 spiro atoms. The molecule has 152 valence electrons. The van der Waals surface area contributed by atoms with Crippen LogP contribution in [0.1, 0.15) is 54.8 Å². The SMILES string of the molecule is C=C(CCCC)Oc1ccc2c(C(=O)c3cc(Br)c(O)c(Br)c3)c(CC)oc2c1. The number of hydrogen-bond acceptors (Lipinski definition) is 4. The normalized spacial score (nSPS) is 11.0. The summed E-state index contributed by atoms with van der Waals surface area (Å²) in [5, 5.41) is 10.7. The molecule has 3 rings (SSSR count). The van der Waals surface area contributed by atoms with Gasteiger partial charge < -0.3 is 14.3 Å². The predicted molar refractivity (Wildman–Crippen MR) is 122 cm³/mol. The average molecular weight is 522 g/mol. The molecule has 0 fully saturated rings. The molecular weight excluding hydrogens is 500 g/mol. The van der Waals surface area contributed by atoms with Gasteiger partial charge >= 0.3 is 0 Å². The zero-order chi connectivity index (χ0) is 21.1. The number of ketones is 1. The molecule has 0 unspecified atom stereocenters. The molecule has 1 heterocycles. The third kappa shape index (κ3) is 4.59. The van der Waals surface area contributed by atoms with Gasteiger partial charge in [-0.2, -0.15) is 0 Å². The molecule has 1 N–H and O–H groups in total. The lowest BCUT2D eigenvalue weighted by Crippen LogP contribution is -2.04. The Kier molecular flexibility index (Phi) is 6.85. The minimum absolute atomic E-state index is 0.0550. The summed E-state index contributed by atoms with van der Waals surface area (Å²) in [5.74, 6) is 1.86. The van der Waals surface area contributed by atoms with Crippen molar-refractivity contribution in [2.45, 2.75) is 39.5 Å². The maximum atomic E-state index is 13.3. The number of carbonyl (C=O) groups is 1. The Morgan fingerprint density at radius 3 is 2.48 bits per heavy atom. The standard InChI is InChI=1S/C23H22Br2O4/c1-4-6-7-13(3)28-15-8-9-16-20(12-15)29-19(5-2)21(16)22(26)14-10-17(24)23(27)18(25)11-14/h8-12,27H,3-7H2,1-2H3. The lowest BCUT2D eigenvalue weighted by molar-refractivity contribution is 0.103. The number of allylic oxidation sites excluding steroid dienone is 1. The molecular formula is C23H22Br2O4.